The molecule has 1 fully saturated rings. The minimum Gasteiger partial charge on any atom is -0.487 e. The Kier molecular flexibility index (Phi) is 6.40. The van der Waals surface area contributed by atoms with Crippen LogP contribution < -0.4 is 9.80 Å². The van der Waals surface area contributed by atoms with Crippen LogP contribution >= 0.6 is 12.2 Å². The second-order valence-corrected chi connectivity index (χ2v) is 6.74. The largest absolute Gasteiger partial charge is 0.487 e. The van der Waals surface area contributed by atoms with Crippen molar-refractivity contribution in [2.45, 2.75) is 25.9 Å². The van der Waals surface area contributed by atoms with E-state index in [2.05, 4.69) is 5.10 Å². The summed E-state index contributed by atoms with van der Waals surface area (Å²) in [5.41, 5.74) is 0.744. The van der Waals surface area contributed by atoms with Crippen LogP contribution in [0.15, 0.2) is 23.3 Å². The lowest BCUT2D eigenvalue weighted by molar-refractivity contribution is -0.118. The van der Waals surface area contributed by atoms with Crippen LogP contribution in [0.1, 0.15) is 19.8 Å². The van der Waals surface area contributed by atoms with Crippen molar-refractivity contribution in [1.82, 2.24) is 5.01 Å². The van der Waals surface area contributed by atoms with Gasteiger partial charge in [-0.2, -0.15) is 5.10 Å². The molecule has 0 unspecified atom stereocenters. The number of amides is 2. The van der Waals surface area contributed by atoms with Crippen LogP contribution in [0.5, 0.6) is 0 Å². The molecule has 2 aliphatic heterocycles. The standard InChI is InChI=1S/C18H21FN4O4S/c1-2-26-17(28)6-4-14-10-23(18(25)27-14)13-3-5-16(15(19)9-13)21-7-8-22(12-24)20-11-21/h3,5,9,11-12,14H,2,4,6-8,10H2,1H3/t14-/m0/s1. The van der Waals surface area contributed by atoms with Gasteiger partial charge in [-0.15, -0.1) is 0 Å². The normalized spacial score (nSPS) is 19.0. The maximum Gasteiger partial charge on any atom is 0.414 e. The first-order valence-corrected chi connectivity index (χ1v) is 9.38. The molecule has 28 heavy (non-hydrogen) atoms. The lowest BCUT2D eigenvalue weighted by atomic mass is 10.2. The number of carbonyl (C=O) groups is 2. The monoisotopic (exact) mass is 408 g/mol. The van der Waals surface area contributed by atoms with E-state index in [1.165, 1.54) is 22.3 Å². The van der Waals surface area contributed by atoms with E-state index in [0.717, 1.165) is 0 Å². The summed E-state index contributed by atoms with van der Waals surface area (Å²) in [4.78, 5) is 25.9. The number of rotatable bonds is 7. The van der Waals surface area contributed by atoms with E-state index in [0.29, 0.717) is 61.9 Å². The Morgan fingerprint density at radius 3 is 2.93 bits per heavy atom. The molecule has 150 valence electrons. The average molecular weight is 408 g/mol. The molecule has 0 N–H and O–H groups in total. The summed E-state index contributed by atoms with van der Waals surface area (Å²) in [7, 11) is 0. The fourth-order valence-electron chi connectivity index (χ4n) is 3.01. The molecule has 0 bridgehead atoms. The van der Waals surface area contributed by atoms with E-state index in [1.54, 1.807) is 17.0 Å². The van der Waals surface area contributed by atoms with Crippen molar-refractivity contribution in [2.75, 3.05) is 36.0 Å². The number of hydrazone groups is 1. The van der Waals surface area contributed by atoms with Gasteiger partial charge in [-0.25, -0.2) is 14.2 Å². The van der Waals surface area contributed by atoms with E-state index in [4.69, 9.17) is 21.7 Å². The van der Waals surface area contributed by atoms with Gasteiger partial charge in [0.05, 0.1) is 31.1 Å². The minimum atomic E-state index is -0.513. The van der Waals surface area contributed by atoms with Crippen LogP contribution in [0.25, 0.3) is 0 Å². The summed E-state index contributed by atoms with van der Waals surface area (Å²) >= 11 is 5.09. The third-order valence-electron chi connectivity index (χ3n) is 4.43. The molecule has 0 saturated carbocycles. The minimum absolute atomic E-state index is 0.322. The Hall–Kier alpha value is -2.75. The molecule has 0 aromatic heterocycles. The Balaban J connectivity index is 1.64. The van der Waals surface area contributed by atoms with Gasteiger partial charge in [0.15, 0.2) is 5.05 Å². The summed E-state index contributed by atoms with van der Waals surface area (Å²) in [5, 5.41) is 5.64. The topological polar surface area (TPSA) is 74.7 Å². The zero-order valence-corrected chi connectivity index (χ0v) is 16.2. The van der Waals surface area contributed by atoms with E-state index >= 15 is 0 Å². The summed E-state index contributed by atoms with van der Waals surface area (Å²) in [5.74, 6) is -0.489. The highest BCUT2D eigenvalue weighted by atomic mass is 32.1. The van der Waals surface area contributed by atoms with Crippen LogP contribution in [0.4, 0.5) is 20.6 Å². The first-order valence-electron chi connectivity index (χ1n) is 8.97. The van der Waals surface area contributed by atoms with Gasteiger partial charge >= 0.3 is 6.09 Å². The number of anilines is 2. The lowest BCUT2D eigenvalue weighted by Crippen LogP contribution is -2.37. The highest BCUT2D eigenvalue weighted by Gasteiger charge is 2.33. The Morgan fingerprint density at radius 2 is 2.29 bits per heavy atom. The number of nitrogens with zero attached hydrogens (tertiary/aromatic N) is 4. The number of ether oxygens (including phenoxy) is 2. The maximum absolute atomic E-state index is 14.6. The SMILES string of the molecule is CCOC(=S)CC[C@H]1CN(c2ccc(N3C=NN(C=O)CC3)c(F)c2)C(=O)O1. The summed E-state index contributed by atoms with van der Waals surface area (Å²) in [6, 6.07) is 4.54. The molecule has 2 heterocycles. The van der Waals surface area contributed by atoms with E-state index in [1.807, 2.05) is 6.92 Å². The molecule has 1 saturated heterocycles. The zero-order chi connectivity index (χ0) is 20.1. The fourth-order valence-corrected chi connectivity index (χ4v) is 3.24. The third-order valence-corrected chi connectivity index (χ3v) is 4.76. The average Bonchev–Trinajstić information content (AvgIpc) is 3.07. The van der Waals surface area contributed by atoms with Gasteiger partial charge in [0.25, 0.3) is 0 Å². The van der Waals surface area contributed by atoms with Crippen LogP contribution in [-0.2, 0) is 14.3 Å². The zero-order valence-electron chi connectivity index (χ0n) is 15.4. The first-order chi connectivity index (χ1) is 13.5. The van der Waals surface area contributed by atoms with Crippen molar-refractivity contribution in [3.8, 4) is 0 Å². The molecule has 1 atom stereocenters. The van der Waals surface area contributed by atoms with Gasteiger partial charge in [-0.3, -0.25) is 9.69 Å². The van der Waals surface area contributed by atoms with Crippen molar-refractivity contribution in [3.05, 3.63) is 24.0 Å². The van der Waals surface area contributed by atoms with Crippen molar-refractivity contribution < 1.29 is 23.5 Å². The fraction of sp³-hybridized carbons (Fsp3) is 0.444. The second-order valence-electron chi connectivity index (χ2n) is 6.29. The summed E-state index contributed by atoms with van der Waals surface area (Å²) < 4.78 is 25.2. The highest BCUT2D eigenvalue weighted by molar-refractivity contribution is 7.80. The molecule has 10 heteroatoms. The molecule has 3 rings (SSSR count). The van der Waals surface area contributed by atoms with Crippen molar-refractivity contribution in [3.63, 3.8) is 0 Å². The van der Waals surface area contributed by atoms with E-state index in [9.17, 15) is 14.0 Å². The van der Waals surface area contributed by atoms with Crippen molar-refractivity contribution >= 4 is 47.5 Å². The van der Waals surface area contributed by atoms with Crippen LogP contribution in [-0.4, -0.2) is 61.2 Å². The van der Waals surface area contributed by atoms with Crippen molar-refractivity contribution in [1.29, 1.82) is 0 Å². The molecule has 0 aliphatic carbocycles. The highest BCUT2D eigenvalue weighted by Crippen LogP contribution is 2.29. The number of carbonyl (C=O) groups excluding carboxylic acids is 2. The molecular formula is C18H21FN4O4S. The molecule has 2 amide bonds. The summed E-state index contributed by atoms with van der Waals surface area (Å²) in [6.45, 7) is 3.48. The van der Waals surface area contributed by atoms with Gasteiger partial charge < -0.3 is 14.4 Å². The first kappa shape index (κ1) is 20.0. The Labute approximate surface area is 167 Å². The number of hydrogen-bond acceptors (Lipinski definition) is 7. The maximum atomic E-state index is 14.6. The number of benzene rings is 1. The lowest BCUT2D eigenvalue weighted by Gasteiger charge is -2.27. The number of thiocarbonyl (C=S) groups is 1. The number of hydrogen-bond donors (Lipinski definition) is 0. The van der Waals surface area contributed by atoms with Crippen LogP contribution in [0.2, 0.25) is 0 Å². The molecule has 0 radical (unpaired) electrons. The van der Waals surface area contributed by atoms with E-state index < -0.39 is 11.9 Å². The molecule has 0 spiro atoms. The van der Waals surface area contributed by atoms with Gasteiger partial charge in [0, 0.05) is 13.0 Å². The van der Waals surface area contributed by atoms with Crippen LogP contribution in [0.3, 0.4) is 0 Å². The molecular weight excluding hydrogens is 387 g/mol. The molecule has 8 nitrogen and oxygen atoms in total. The van der Waals surface area contributed by atoms with Gasteiger partial charge in [-0.05, 0) is 43.8 Å². The van der Waals surface area contributed by atoms with Crippen LogP contribution in [0, 0.1) is 5.82 Å². The predicted octanol–water partition coefficient (Wildman–Crippen LogP) is 2.52. The number of cyclic esters (lactones) is 1. The number of halogens is 1. The molecule has 2 aliphatic rings. The van der Waals surface area contributed by atoms with Gasteiger partial charge in [0.2, 0.25) is 6.41 Å². The predicted molar refractivity (Wildman–Crippen MR) is 106 cm³/mol. The van der Waals surface area contributed by atoms with E-state index in [-0.39, 0.29) is 6.10 Å². The Morgan fingerprint density at radius 1 is 1.46 bits per heavy atom. The molecule has 1 aromatic carbocycles. The molecule has 1 aromatic rings. The second kappa shape index (κ2) is 8.96. The summed E-state index contributed by atoms with van der Waals surface area (Å²) in [6.07, 6.45) is 2.26. The van der Waals surface area contributed by atoms with Crippen molar-refractivity contribution in [2.24, 2.45) is 5.10 Å². The quantitative estimate of drug-likeness (QED) is 0.510. The third kappa shape index (κ3) is 4.56. The van der Waals surface area contributed by atoms with Gasteiger partial charge in [-0.1, -0.05) is 0 Å². The van der Waals surface area contributed by atoms with Gasteiger partial charge in [0.1, 0.15) is 18.3 Å². The smallest absolute Gasteiger partial charge is 0.414 e. The Bertz CT molecular complexity index is 791.